The minimum Gasteiger partial charge on any atom is -0.480 e. The number of hydrogen-bond acceptors (Lipinski definition) is 7. The molecule has 45 heavy (non-hydrogen) atoms. The van der Waals surface area contributed by atoms with Crippen LogP contribution in [0.5, 0.6) is 5.88 Å². The number of nitrogens with two attached hydrogens (primary N) is 1. The van der Waals surface area contributed by atoms with Gasteiger partial charge in [0, 0.05) is 47.4 Å². The molecule has 1 aliphatic heterocycles. The van der Waals surface area contributed by atoms with Crippen molar-refractivity contribution in [1.29, 1.82) is 0 Å². The number of halogens is 2. The number of nitrogen functional groups attached to an aromatic ring is 1. The Morgan fingerprint density at radius 2 is 1.64 bits per heavy atom. The zero-order chi connectivity index (χ0) is 31.7. The monoisotopic (exact) mass is 629 g/mol. The maximum Gasteiger partial charge on any atom is 0.264 e. The van der Waals surface area contributed by atoms with Gasteiger partial charge in [0.25, 0.3) is 15.9 Å². The summed E-state index contributed by atoms with van der Waals surface area (Å²) in [6.45, 7) is 1.54. The second kappa shape index (κ2) is 12.1. The normalized spacial score (nSPS) is 13.5. The summed E-state index contributed by atoms with van der Waals surface area (Å²) >= 11 is 0. The molecule has 3 heterocycles. The van der Waals surface area contributed by atoms with Crippen molar-refractivity contribution < 1.29 is 26.7 Å². The lowest BCUT2D eigenvalue weighted by atomic mass is 9.99. The van der Waals surface area contributed by atoms with Gasteiger partial charge >= 0.3 is 0 Å². The Morgan fingerprint density at radius 3 is 2.36 bits per heavy atom. The highest BCUT2D eigenvalue weighted by Gasteiger charge is 2.23. The molecule has 3 N–H and O–H groups in total. The van der Waals surface area contributed by atoms with Crippen LogP contribution in [-0.2, 0) is 10.0 Å². The van der Waals surface area contributed by atoms with Crippen LogP contribution in [0.15, 0.2) is 83.9 Å². The molecule has 3 aromatic carbocycles. The molecule has 0 saturated carbocycles. The number of carbonyl (C=O) groups excluding carboxylic acids is 1. The van der Waals surface area contributed by atoms with Crippen molar-refractivity contribution >= 4 is 38.3 Å². The van der Waals surface area contributed by atoms with E-state index in [1.807, 2.05) is 29.2 Å². The highest BCUT2D eigenvalue weighted by atomic mass is 32.2. The van der Waals surface area contributed by atoms with Crippen LogP contribution in [0.2, 0.25) is 0 Å². The lowest BCUT2D eigenvalue weighted by Gasteiger charge is -2.26. The number of fused-ring (bicyclic) bond motifs is 1. The van der Waals surface area contributed by atoms with E-state index in [1.54, 1.807) is 24.3 Å². The summed E-state index contributed by atoms with van der Waals surface area (Å²) < 4.78 is 61.1. The van der Waals surface area contributed by atoms with Crippen molar-refractivity contribution in [3.63, 3.8) is 0 Å². The summed E-state index contributed by atoms with van der Waals surface area (Å²) in [6.07, 6.45) is 4.70. The van der Waals surface area contributed by atoms with Gasteiger partial charge in [0.2, 0.25) is 5.88 Å². The third-order valence-corrected chi connectivity index (χ3v) is 9.13. The van der Waals surface area contributed by atoms with Crippen molar-refractivity contribution in [3.05, 3.63) is 96.2 Å². The first kappa shape index (κ1) is 29.9. The number of piperidine rings is 1. The second-order valence-corrected chi connectivity index (χ2v) is 12.4. The largest absolute Gasteiger partial charge is 0.480 e. The fraction of sp³-hybridized carbons (Fsp3) is 0.182. The average molecular weight is 630 g/mol. The maximum absolute atomic E-state index is 14.3. The summed E-state index contributed by atoms with van der Waals surface area (Å²) in [7, 11) is -3.12. The molecule has 0 aliphatic carbocycles. The van der Waals surface area contributed by atoms with E-state index in [4.69, 9.17) is 10.5 Å². The summed E-state index contributed by atoms with van der Waals surface area (Å²) in [6, 6.07) is 18.4. The lowest BCUT2D eigenvalue weighted by Crippen LogP contribution is -2.35. The van der Waals surface area contributed by atoms with Gasteiger partial charge in [0.1, 0.15) is 28.0 Å². The molecule has 1 amide bonds. The molecule has 0 unspecified atom stereocenters. The number of benzene rings is 3. The van der Waals surface area contributed by atoms with Gasteiger partial charge in [-0.3, -0.25) is 9.52 Å². The Morgan fingerprint density at radius 1 is 0.911 bits per heavy atom. The first-order valence-corrected chi connectivity index (χ1v) is 15.7. The number of rotatable bonds is 7. The van der Waals surface area contributed by atoms with Crippen molar-refractivity contribution in [2.75, 3.05) is 30.7 Å². The number of aromatic nitrogens is 2. The highest BCUT2D eigenvalue weighted by Crippen LogP contribution is 2.34. The van der Waals surface area contributed by atoms with Crippen LogP contribution in [-0.4, -0.2) is 49.4 Å². The molecule has 6 rings (SSSR count). The molecule has 9 nitrogen and oxygen atoms in total. The first-order chi connectivity index (χ1) is 21.6. The Bertz CT molecular complexity index is 2030. The van der Waals surface area contributed by atoms with Gasteiger partial charge in [0.05, 0.1) is 12.6 Å². The number of pyridine rings is 2. The van der Waals surface area contributed by atoms with Gasteiger partial charge in [0.15, 0.2) is 0 Å². The molecule has 1 saturated heterocycles. The SMILES string of the molecule is COc1ncc(-c2ccc3nc(N)c(-c4ccc(C(=O)N5CCCCC5)cc4)cc3c2)cc1NS(=O)(=O)c1ccc(F)cc1F. The molecule has 230 valence electrons. The number of sulfonamides is 1. The van der Waals surface area contributed by atoms with Crippen LogP contribution >= 0.6 is 0 Å². The number of amides is 1. The molecular formula is C33H29F2N5O4S. The predicted molar refractivity (Wildman–Crippen MR) is 168 cm³/mol. The quantitative estimate of drug-likeness (QED) is 0.218. The summed E-state index contributed by atoms with van der Waals surface area (Å²) in [5.41, 5.74) is 10.3. The Hall–Kier alpha value is -5.10. The lowest BCUT2D eigenvalue weighted by molar-refractivity contribution is 0.0724. The van der Waals surface area contributed by atoms with Gasteiger partial charge < -0.3 is 15.4 Å². The molecular weight excluding hydrogens is 600 g/mol. The maximum atomic E-state index is 14.3. The second-order valence-electron chi connectivity index (χ2n) is 10.7. The van der Waals surface area contributed by atoms with Crippen LogP contribution in [0.4, 0.5) is 20.3 Å². The minimum absolute atomic E-state index is 0.0214. The van der Waals surface area contributed by atoms with Crippen LogP contribution in [0.1, 0.15) is 29.6 Å². The van der Waals surface area contributed by atoms with E-state index in [2.05, 4.69) is 14.7 Å². The Kier molecular flexibility index (Phi) is 8.07. The van der Waals surface area contributed by atoms with E-state index in [0.29, 0.717) is 39.7 Å². The molecule has 2 aromatic heterocycles. The fourth-order valence-corrected chi connectivity index (χ4v) is 6.52. The molecule has 0 radical (unpaired) electrons. The van der Waals surface area contributed by atoms with Crippen molar-refractivity contribution in [2.24, 2.45) is 0 Å². The molecule has 5 aromatic rings. The number of likely N-dealkylation sites (tertiary alicyclic amines) is 1. The van der Waals surface area contributed by atoms with Crippen molar-refractivity contribution in [3.8, 4) is 28.1 Å². The van der Waals surface area contributed by atoms with E-state index in [1.165, 1.54) is 19.4 Å². The van der Waals surface area contributed by atoms with Crippen molar-refractivity contribution in [1.82, 2.24) is 14.9 Å². The van der Waals surface area contributed by atoms with Crippen LogP contribution in [0.3, 0.4) is 0 Å². The number of carbonyl (C=O) groups is 1. The summed E-state index contributed by atoms with van der Waals surface area (Å²) in [4.78, 5) is 22.9. The number of ether oxygens (including phenoxy) is 1. The Balaban J connectivity index is 1.31. The number of nitrogens with one attached hydrogen (secondary N) is 1. The van der Waals surface area contributed by atoms with E-state index in [9.17, 15) is 22.0 Å². The minimum atomic E-state index is -4.44. The number of anilines is 2. The fourth-order valence-electron chi connectivity index (χ4n) is 5.41. The van der Waals surface area contributed by atoms with Crippen LogP contribution in [0.25, 0.3) is 33.2 Å². The zero-order valence-electron chi connectivity index (χ0n) is 24.3. The van der Waals surface area contributed by atoms with Gasteiger partial charge in [-0.15, -0.1) is 0 Å². The van der Waals surface area contributed by atoms with Crippen LogP contribution in [0, 0.1) is 11.6 Å². The van der Waals surface area contributed by atoms with Gasteiger partial charge in [-0.25, -0.2) is 27.2 Å². The van der Waals surface area contributed by atoms with Crippen molar-refractivity contribution in [2.45, 2.75) is 24.2 Å². The molecule has 1 fully saturated rings. The summed E-state index contributed by atoms with van der Waals surface area (Å²) in [5.74, 6) is -1.81. The van der Waals surface area contributed by atoms with Crippen LogP contribution < -0.4 is 15.2 Å². The first-order valence-electron chi connectivity index (χ1n) is 14.3. The number of nitrogens with zero attached hydrogens (tertiary/aromatic N) is 3. The molecule has 12 heteroatoms. The smallest absolute Gasteiger partial charge is 0.264 e. The third-order valence-electron chi connectivity index (χ3n) is 7.74. The Labute approximate surface area is 258 Å². The van der Waals surface area contributed by atoms with Gasteiger partial charge in [-0.2, -0.15) is 0 Å². The molecule has 0 atom stereocenters. The summed E-state index contributed by atoms with van der Waals surface area (Å²) in [5, 5.41) is 0.761. The number of hydrogen-bond donors (Lipinski definition) is 2. The standard InChI is InChI=1S/C33H29F2N5O4S/c1-44-32-29(39-45(42,43)30-12-10-25(34)18-27(30)35)17-24(19-37-32)22-9-11-28-23(15-22)16-26(31(36)38-28)20-5-7-21(8-6-20)33(41)40-13-3-2-4-14-40/h5-12,15-19,39H,2-4,13-14H2,1H3,(H2,36,38). The highest BCUT2D eigenvalue weighted by molar-refractivity contribution is 7.92. The van der Waals surface area contributed by atoms with Gasteiger partial charge in [-0.1, -0.05) is 18.2 Å². The average Bonchev–Trinajstić information content (AvgIpc) is 3.04. The number of methoxy groups -OCH3 is 1. The molecule has 0 spiro atoms. The topological polar surface area (TPSA) is 128 Å². The van der Waals surface area contributed by atoms with E-state index < -0.39 is 26.6 Å². The van der Waals surface area contributed by atoms with Gasteiger partial charge in [-0.05, 0) is 78.9 Å². The molecule has 1 aliphatic rings. The van der Waals surface area contributed by atoms with E-state index in [-0.39, 0.29) is 17.5 Å². The molecule has 0 bridgehead atoms. The van der Waals surface area contributed by atoms with E-state index >= 15 is 0 Å². The zero-order valence-corrected chi connectivity index (χ0v) is 25.1. The third kappa shape index (κ3) is 6.14. The van der Waals surface area contributed by atoms with E-state index in [0.717, 1.165) is 55.4 Å². The predicted octanol–water partition coefficient (Wildman–Crippen LogP) is 6.26.